The molecule has 2 aromatic carbocycles. The Morgan fingerprint density at radius 1 is 1.30 bits per heavy atom. The fourth-order valence-corrected chi connectivity index (χ4v) is 4.27. The van der Waals surface area contributed by atoms with Gasteiger partial charge in [0.05, 0.1) is 0 Å². The minimum atomic E-state index is -0.675. The molecule has 156 valence electrons. The lowest BCUT2D eigenvalue weighted by atomic mass is 9.79. The van der Waals surface area contributed by atoms with Gasteiger partial charge in [0, 0.05) is 29.0 Å². The Morgan fingerprint density at radius 3 is 2.57 bits per heavy atom. The van der Waals surface area contributed by atoms with Crippen LogP contribution in [-0.4, -0.2) is 18.0 Å². The van der Waals surface area contributed by atoms with Gasteiger partial charge < -0.3 is 10.2 Å². The maximum Gasteiger partial charge on any atom is 0.266 e. The Labute approximate surface area is 175 Å². The van der Waals surface area contributed by atoms with Gasteiger partial charge in [-0.2, -0.15) is 5.26 Å². The quantitative estimate of drug-likeness (QED) is 0.526. The fourth-order valence-electron chi connectivity index (χ4n) is 4.27. The normalized spacial score (nSPS) is 17.8. The topological polar surface area (TPSA) is 56.1 Å². The molecule has 0 saturated carbocycles. The predicted octanol–water partition coefficient (Wildman–Crippen LogP) is 5.62. The standard InChI is InChI=1S/C24H25F2N3O/c1-5-29-22-12-21(26)16(11-20(22)15(2)13-24(29,3)4)10-17(14-27)23(30)28-19-8-6-18(25)7-9-19/h6-12,15H,5,13H2,1-4H3,(H,28,30)/b17-10+. The number of hydrogen-bond donors (Lipinski definition) is 1. The monoisotopic (exact) mass is 409 g/mol. The van der Waals surface area contributed by atoms with Gasteiger partial charge in [0.2, 0.25) is 0 Å². The number of hydrogen-bond acceptors (Lipinski definition) is 3. The second-order valence-corrected chi connectivity index (χ2v) is 8.23. The summed E-state index contributed by atoms with van der Waals surface area (Å²) in [6, 6.07) is 10.3. The summed E-state index contributed by atoms with van der Waals surface area (Å²) < 4.78 is 28.0. The second-order valence-electron chi connectivity index (χ2n) is 8.23. The molecule has 0 fully saturated rings. The SMILES string of the molecule is CCN1c2cc(F)c(/C=C(\C#N)C(=O)Nc3ccc(F)cc3)cc2C(C)CC1(C)C. The third kappa shape index (κ3) is 4.20. The van der Waals surface area contributed by atoms with Crippen LogP contribution >= 0.6 is 0 Å². The van der Waals surface area contributed by atoms with Crippen molar-refractivity contribution in [1.82, 2.24) is 0 Å². The van der Waals surface area contributed by atoms with Crippen LogP contribution in [0, 0.1) is 23.0 Å². The van der Waals surface area contributed by atoms with E-state index in [-0.39, 0.29) is 22.6 Å². The number of nitriles is 1. The number of benzene rings is 2. The molecule has 30 heavy (non-hydrogen) atoms. The van der Waals surface area contributed by atoms with Crippen molar-refractivity contribution in [2.45, 2.75) is 45.6 Å². The first kappa shape index (κ1) is 21.5. The van der Waals surface area contributed by atoms with Crippen molar-refractivity contribution in [1.29, 1.82) is 5.26 Å². The summed E-state index contributed by atoms with van der Waals surface area (Å²) >= 11 is 0. The lowest BCUT2D eigenvalue weighted by Crippen LogP contribution is -2.48. The number of amides is 1. The van der Waals surface area contributed by atoms with E-state index in [9.17, 15) is 18.8 Å². The number of carbonyl (C=O) groups excluding carboxylic acids is 1. The number of anilines is 2. The molecule has 1 amide bonds. The molecule has 0 bridgehead atoms. The van der Waals surface area contributed by atoms with Gasteiger partial charge in [0.1, 0.15) is 23.3 Å². The van der Waals surface area contributed by atoms with Crippen LogP contribution in [0.2, 0.25) is 0 Å². The van der Waals surface area contributed by atoms with E-state index in [1.165, 1.54) is 36.4 Å². The van der Waals surface area contributed by atoms with Gasteiger partial charge >= 0.3 is 0 Å². The molecule has 3 rings (SSSR count). The number of halogens is 2. The van der Waals surface area contributed by atoms with Crippen LogP contribution in [0.5, 0.6) is 0 Å². The lowest BCUT2D eigenvalue weighted by Gasteiger charge is -2.47. The fraction of sp³-hybridized carbons (Fsp3) is 0.333. The van der Waals surface area contributed by atoms with Crippen molar-refractivity contribution < 1.29 is 13.6 Å². The van der Waals surface area contributed by atoms with Gasteiger partial charge in [-0.05, 0) is 81.1 Å². The average Bonchev–Trinajstić information content (AvgIpc) is 2.68. The first-order valence-electron chi connectivity index (χ1n) is 9.96. The number of nitrogens with one attached hydrogen (secondary N) is 1. The maximum atomic E-state index is 14.9. The molecule has 1 heterocycles. The van der Waals surface area contributed by atoms with Crippen LogP contribution in [-0.2, 0) is 4.79 Å². The molecule has 0 saturated heterocycles. The van der Waals surface area contributed by atoms with E-state index in [2.05, 4.69) is 31.0 Å². The minimum absolute atomic E-state index is 0.0855. The van der Waals surface area contributed by atoms with E-state index >= 15 is 0 Å². The molecule has 1 aliphatic rings. The highest BCUT2D eigenvalue weighted by molar-refractivity contribution is 6.09. The molecule has 0 aliphatic carbocycles. The molecule has 1 aliphatic heterocycles. The van der Waals surface area contributed by atoms with Gasteiger partial charge in [-0.15, -0.1) is 0 Å². The average molecular weight is 409 g/mol. The van der Waals surface area contributed by atoms with Gasteiger partial charge in [-0.3, -0.25) is 4.79 Å². The number of carbonyl (C=O) groups is 1. The minimum Gasteiger partial charge on any atom is -0.366 e. The van der Waals surface area contributed by atoms with Crippen LogP contribution in [0.15, 0.2) is 42.0 Å². The van der Waals surface area contributed by atoms with Gasteiger partial charge in [-0.1, -0.05) is 6.92 Å². The van der Waals surface area contributed by atoms with E-state index in [1.54, 1.807) is 6.07 Å². The Hall–Kier alpha value is -3.20. The summed E-state index contributed by atoms with van der Waals surface area (Å²) in [6.45, 7) is 9.20. The van der Waals surface area contributed by atoms with Crippen molar-refractivity contribution >= 4 is 23.4 Å². The second kappa shape index (κ2) is 8.27. The summed E-state index contributed by atoms with van der Waals surface area (Å²) in [4.78, 5) is 14.6. The number of nitrogens with zero attached hydrogens (tertiary/aromatic N) is 2. The van der Waals surface area contributed by atoms with Crippen LogP contribution in [0.1, 0.15) is 51.2 Å². The summed E-state index contributed by atoms with van der Waals surface area (Å²) in [7, 11) is 0. The lowest BCUT2D eigenvalue weighted by molar-refractivity contribution is -0.112. The highest BCUT2D eigenvalue weighted by atomic mass is 19.1. The Balaban J connectivity index is 1.96. The van der Waals surface area contributed by atoms with Crippen LogP contribution in [0.25, 0.3) is 6.08 Å². The van der Waals surface area contributed by atoms with Crippen molar-refractivity contribution in [2.24, 2.45) is 0 Å². The zero-order chi connectivity index (χ0) is 22.1. The molecule has 4 nitrogen and oxygen atoms in total. The molecule has 0 spiro atoms. The summed E-state index contributed by atoms with van der Waals surface area (Å²) in [6.07, 6.45) is 2.18. The molecule has 0 aromatic heterocycles. The molecule has 1 N–H and O–H groups in total. The van der Waals surface area contributed by atoms with Gasteiger partial charge in [0.25, 0.3) is 5.91 Å². The van der Waals surface area contributed by atoms with Gasteiger partial charge in [0.15, 0.2) is 0 Å². The largest absolute Gasteiger partial charge is 0.366 e. The van der Waals surface area contributed by atoms with Crippen molar-refractivity contribution in [3.05, 3.63) is 64.7 Å². The van der Waals surface area contributed by atoms with Crippen molar-refractivity contribution in [3.63, 3.8) is 0 Å². The smallest absolute Gasteiger partial charge is 0.266 e. The third-order valence-corrected chi connectivity index (χ3v) is 5.59. The summed E-state index contributed by atoms with van der Waals surface area (Å²) in [5.74, 6) is -1.38. The van der Waals surface area contributed by atoms with Gasteiger partial charge in [-0.25, -0.2) is 8.78 Å². The molecule has 6 heteroatoms. The summed E-state index contributed by atoms with van der Waals surface area (Å²) in [5, 5.41) is 12.0. The molecular weight excluding hydrogens is 384 g/mol. The van der Waals surface area contributed by atoms with Crippen LogP contribution in [0.3, 0.4) is 0 Å². The van der Waals surface area contributed by atoms with Crippen molar-refractivity contribution in [2.75, 3.05) is 16.8 Å². The number of rotatable bonds is 4. The molecule has 0 radical (unpaired) electrons. The van der Waals surface area contributed by atoms with E-state index in [1.807, 2.05) is 13.0 Å². The number of fused-ring (bicyclic) bond motifs is 1. The predicted molar refractivity (Wildman–Crippen MR) is 115 cm³/mol. The highest BCUT2D eigenvalue weighted by Crippen LogP contribution is 2.44. The van der Waals surface area contributed by atoms with Crippen LogP contribution < -0.4 is 10.2 Å². The highest BCUT2D eigenvalue weighted by Gasteiger charge is 2.36. The Kier molecular flexibility index (Phi) is 5.93. The molecule has 1 unspecified atom stereocenters. The maximum absolute atomic E-state index is 14.9. The first-order chi connectivity index (χ1) is 14.2. The van der Waals surface area contributed by atoms with Crippen molar-refractivity contribution in [3.8, 4) is 6.07 Å². The summed E-state index contributed by atoms with van der Waals surface area (Å²) in [5.41, 5.74) is 2.09. The van der Waals surface area contributed by atoms with E-state index in [4.69, 9.17) is 0 Å². The van der Waals surface area contributed by atoms with E-state index in [0.717, 1.165) is 24.2 Å². The molecular formula is C24H25F2N3O. The molecule has 2 aromatic rings. The van der Waals surface area contributed by atoms with E-state index in [0.29, 0.717) is 5.69 Å². The van der Waals surface area contributed by atoms with E-state index < -0.39 is 17.5 Å². The molecule has 1 atom stereocenters. The zero-order valence-corrected chi connectivity index (χ0v) is 17.6. The third-order valence-electron chi connectivity index (χ3n) is 5.59. The van der Waals surface area contributed by atoms with Crippen LogP contribution in [0.4, 0.5) is 20.2 Å². The Bertz CT molecular complexity index is 1040. The first-order valence-corrected chi connectivity index (χ1v) is 9.96. The zero-order valence-electron chi connectivity index (χ0n) is 17.6. The Morgan fingerprint density at radius 2 is 1.97 bits per heavy atom.